The van der Waals surface area contributed by atoms with Gasteiger partial charge in [0.1, 0.15) is 35.2 Å². The molecular formula is C84H106N5+5. The molecule has 1 aliphatic carbocycles. The van der Waals surface area contributed by atoms with E-state index < -0.39 is 52.9 Å². The van der Waals surface area contributed by atoms with Crippen LogP contribution in [0.2, 0.25) is 0 Å². The Balaban J connectivity index is 0.000000191. The van der Waals surface area contributed by atoms with Gasteiger partial charge in [0, 0.05) is 113 Å². The first kappa shape index (κ1) is 45.2. The summed E-state index contributed by atoms with van der Waals surface area (Å²) in [4.78, 5) is 0. The molecule has 0 bridgehead atoms. The van der Waals surface area contributed by atoms with Crippen molar-refractivity contribution in [3.63, 3.8) is 0 Å². The van der Waals surface area contributed by atoms with Crippen LogP contribution in [-0.2, 0) is 73.6 Å². The van der Waals surface area contributed by atoms with Crippen LogP contribution in [0.3, 0.4) is 0 Å². The van der Waals surface area contributed by atoms with Gasteiger partial charge in [0.2, 0.25) is 28.5 Å². The molecular weight excluding hydrogens is 1080 g/mol. The van der Waals surface area contributed by atoms with Crippen molar-refractivity contribution < 1.29 is 50.3 Å². The van der Waals surface area contributed by atoms with Gasteiger partial charge in [0.25, 0.3) is 0 Å². The number of rotatable bonds is 9. The monoisotopic (exact) mass is 1200 g/mol. The van der Waals surface area contributed by atoms with Gasteiger partial charge in [0.05, 0.1) is 0 Å². The lowest BCUT2D eigenvalue weighted by molar-refractivity contribution is -0.661. The van der Waals surface area contributed by atoms with Crippen molar-refractivity contribution in [1.29, 1.82) is 0 Å². The second-order valence-corrected chi connectivity index (χ2v) is 23.4. The Morgan fingerprint density at radius 2 is 0.697 bits per heavy atom. The van der Waals surface area contributed by atoms with Gasteiger partial charge in [-0.3, -0.25) is 0 Å². The van der Waals surface area contributed by atoms with Crippen molar-refractivity contribution >= 4 is 0 Å². The van der Waals surface area contributed by atoms with Crippen molar-refractivity contribution in [2.75, 3.05) is 0 Å². The van der Waals surface area contributed by atoms with Crippen LogP contribution in [0.25, 0.3) is 56.3 Å². The molecule has 462 valence electrons. The molecule has 1 aliphatic rings. The predicted octanol–water partition coefficient (Wildman–Crippen LogP) is 17.7. The standard InChI is InChI=1S/C18H22N.2C17H22N.2C16H20N/c1-13-8-9-17(14(2)10-13)18-11-15-6-4-5-7-16(15)12-19(18)3;2*1-6-15-11-18(5)17(10-13(15)3)16-8-7-12(2)9-14(16)4;2*1-5-14-7-9-16(17(4)11-14)15-8-6-12(2)10-13(15)3/h8-12H,4-7H2,1-3H3;2*7-11H,6H2,1-5H3;2*6-11H,5H2,1-4H3/q5*+1/i1D3,6D2,7D2;2D3,3D3,6D2;;2D3,5D2;. The fourth-order valence-corrected chi connectivity index (χ4v) is 11.4. The van der Waals surface area contributed by atoms with Crippen LogP contribution >= 0.6 is 0 Å². The highest BCUT2D eigenvalue weighted by Crippen LogP contribution is 2.29. The summed E-state index contributed by atoms with van der Waals surface area (Å²) in [5.74, 6) is 0. The van der Waals surface area contributed by atoms with Crippen LogP contribution in [0.15, 0.2) is 164 Å². The molecule has 5 heterocycles. The van der Waals surface area contributed by atoms with E-state index in [0.717, 1.165) is 46.5 Å². The smallest absolute Gasteiger partial charge is 0.201 e. The second-order valence-electron chi connectivity index (χ2n) is 23.4. The molecule has 0 N–H and O–H groups in total. The first-order valence-electron chi connectivity index (χ1n) is 40.7. The number of hydrogen-bond acceptors (Lipinski definition) is 0. The molecule has 0 saturated carbocycles. The van der Waals surface area contributed by atoms with Crippen molar-refractivity contribution in [1.82, 2.24) is 0 Å². The molecule has 5 heteroatoms. The van der Waals surface area contributed by atoms with E-state index in [-0.39, 0.29) is 35.1 Å². The Morgan fingerprint density at radius 3 is 1.10 bits per heavy atom. The second kappa shape index (κ2) is 31.3. The molecule has 0 saturated heterocycles. The molecule has 10 aromatic rings. The minimum Gasteiger partial charge on any atom is -0.201 e. The van der Waals surface area contributed by atoms with Crippen molar-refractivity contribution in [3.8, 4) is 56.3 Å². The lowest BCUT2D eigenvalue weighted by atomic mass is 9.91. The number of pyridine rings is 5. The quantitative estimate of drug-likeness (QED) is 0.128. The fourth-order valence-electron chi connectivity index (χ4n) is 11.4. The molecule has 0 fully saturated rings. The minimum atomic E-state index is -2.46. The average Bonchev–Trinajstić information content (AvgIpc) is 0.745. The Hall–Kier alpha value is -8.15. The van der Waals surface area contributed by atoms with Gasteiger partial charge in [-0.2, -0.15) is 0 Å². The maximum absolute atomic E-state index is 8.30. The summed E-state index contributed by atoms with van der Waals surface area (Å²) in [6.07, 6.45) is 5.52. The van der Waals surface area contributed by atoms with Gasteiger partial charge >= 0.3 is 0 Å². The largest absolute Gasteiger partial charge is 0.212 e. The zero-order valence-corrected chi connectivity index (χ0v) is 55.7. The molecule has 11 rings (SSSR count). The molecule has 5 aromatic carbocycles. The average molecular weight is 1210 g/mol. The van der Waals surface area contributed by atoms with E-state index in [2.05, 4.69) is 139 Å². The lowest BCUT2D eigenvalue weighted by Gasteiger charge is -2.15. The van der Waals surface area contributed by atoms with Crippen LogP contribution in [0, 0.1) is 82.8 Å². The molecule has 0 unspecified atom stereocenters. The molecule has 0 aliphatic heterocycles. The van der Waals surface area contributed by atoms with E-state index in [0.29, 0.717) is 39.1 Å². The zero-order valence-electron chi connectivity index (χ0n) is 75.7. The van der Waals surface area contributed by atoms with Gasteiger partial charge in [0.15, 0.2) is 31.0 Å². The van der Waals surface area contributed by atoms with E-state index in [4.69, 9.17) is 27.4 Å². The predicted molar refractivity (Wildman–Crippen MR) is 376 cm³/mol. The topological polar surface area (TPSA) is 19.4 Å². The van der Waals surface area contributed by atoms with E-state index in [1.165, 1.54) is 93.6 Å². The number of aromatic nitrogens is 5. The van der Waals surface area contributed by atoms with E-state index in [9.17, 15) is 0 Å². The van der Waals surface area contributed by atoms with E-state index in [1.54, 1.807) is 97.1 Å². The molecule has 0 atom stereocenters. The van der Waals surface area contributed by atoms with Gasteiger partial charge in [-0.1, -0.05) is 116 Å². The van der Waals surface area contributed by atoms with Crippen LogP contribution in [0.4, 0.5) is 0 Å². The third-order valence-corrected chi connectivity index (χ3v) is 16.4. The van der Waals surface area contributed by atoms with Crippen LogP contribution in [0.5, 0.6) is 0 Å². The van der Waals surface area contributed by atoms with Gasteiger partial charge < -0.3 is 0 Å². The number of aryl methyl sites for hydroxylation is 23. The molecule has 5 nitrogen and oxygen atoms in total. The Morgan fingerprint density at radius 1 is 0.326 bits per heavy atom. The summed E-state index contributed by atoms with van der Waals surface area (Å²) in [7, 11) is 9.63. The van der Waals surface area contributed by atoms with E-state index >= 15 is 0 Å². The first-order valence-corrected chi connectivity index (χ1v) is 30.7. The third-order valence-electron chi connectivity index (χ3n) is 16.4. The van der Waals surface area contributed by atoms with Gasteiger partial charge in [-0.25, -0.2) is 22.8 Å². The normalized spacial score (nSPS) is 16.8. The molecule has 5 aromatic heterocycles. The maximum Gasteiger partial charge on any atom is 0.212 e. The molecule has 0 spiro atoms. The zero-order chi connectivity index (χ0) is 82.0. The molecule has 0 radical (unpaired) electrons. The van der Waals surface area contributed by atoms with Crippen LogP contribution in [0.1, 0.15) is 168 Å². The summed E-state index contributed by atoms with van der Waals surface area (Å²) < 4.78 is 165. The highest BCUT2D eigenvalue weighted by molar-refractivity contribution is 5.66. The van der Waals surface area contributed by atoms with Crippen molar-refractivity contribution in [2.45, 2.75) is 162 Å². The Labute approximate surface area is 566 Å². The highest BCUT2D eigenvalue weighted by atomic mass is 14.9. The molecule has 0 amide bonds. The number of nitrogens with zero attached hydrogens (tertiary/aromatic N) is 5. The number of benzene rings is 5. The summed E-state index contributed by atoms with van der Waals surface area (Å²) in [5.41, 5.74) is 24.0. The SMILES string of the molecule is CCc1c[n+](C)c(-c2ccc(C)cc2C)cc1C.CCc1ccc(-c2ccc(C)cc2C)[n+](C)c1.[2H]C([2H])([2H])c1ccc(-c2cc(C([2H])([2H])[2H])c(C([2H])([2H])C)c[n+]2C)c(C)c1.[2H]C([2H])([2H])c1ccc(-c2cc3c(c[n+]2C)C([2H])([2H])CCC3([2H])[2H])c(C)c1.[2H]C([2H])([2H])c1ccc(-c2ccc(C([2H])([2H])C)c[n+]2C)c(C)c1. The lowest BCUT2D eigenvalue weighted by Crippen LogP contribution is -2.32. The van der Waals surface area contributed by atoms with Gasteiger partial charge in [-0.05, 0) is 221 Å². The minimum absolute atomic E-state index is 0.0441. The van der Waals surface area contributed by atoms with E-state index in [1.807, 2.05) is 37.6 Å². The van der Waals surface area contributed by atoms with Gasteiger partial charge in [-0.15, -0.1) is 0 Å². The highest BCUT2D eigenvalue weighted by Gasteiger charge is 2.21. The maximum atomic E-state index is 8.30. The summed E-state index contributed by atoms with van der Waals surface area (Å²) in [6, 6.07) is 41.7. The van der Waals surface area contributed by atoms with Crippen LogP contribution < -0.4 is 22.8 Å². The van der Waals surface area contributed by atoms with Crippen molar-refractivity contribution in [3.05, 3.63) is 265 Å². The van der Waals surface area contributed by atoms with Crippen molar-refractivity contribution in [2.24, 2.45) is 35.2 Å². The van der Waals surface area contributed by atoms with Crippen LogP contribution in [-0.4, -0.2) is 0 Å². The summed E-state index contributed by atoms with van der Waals surface area (Å²) in [5, 5.41) is 0. The fraction of sp³-hybridized carbons (Fsp3) is 0.345. The Bertz CT molecular complexity index is 4790. The molecule has 89 heavy (non-hydrogen) atoms. The summed E-state index contributed by atoms with van der Waals surface area (Å²) in [6.45, 7) is 14.6. The Kier molecular flexibility index (Phi) is 15.9. The summed E-state index contributed by atoms with van der Waals surface area (Å²) >= 11 is 0. The number of hydrogen-bond donors (Lipinski definition) is 0. The first-order chi connectivity index (χ1) is 50.1. The number of fused-ring (bicyclic) bond motifs is 1. The third kappa shape index (κ3) is 17.6.